The maximum Gasteiger partial charge on any atom is 0.245 e. The van der Waals surface area contributed by atoms with Crippen LogP contribution in [0.15, 0.2) is 17.0 Å². The minimum atomic E-state index is -3.61. The molecule has 0 fully saturated rings. The highest BCUT2D eigenvalue weighted by atomic mass is 32.2. The highest BCUT2D eigenvalue weighted by Crippen LogP contribution is 2.26. The molecule has 0 saturated heterocycles. The van der Waals surface area contributed by atoms with Gasteiger partial charge in [0.1, 0.15) is 4.90 Å². The summed E-state index contributed by atoms with van der Waals surface area (Å²) in [7, 11) is -2.06. The van der Waals surface area contributed by atoms with Gasteiger partial charge in [-0.25, -0.2) is 8.42 Å². The lowest BCUT2D eigenvalue weighted by Crippen LogP contribution is -2.39. The van der Waals surface area contributed by atoms with Gasteiger partial charge in [-0.3, -0.25) is 0 Å². The van der Waals surface area contributed by atoms with Crippen LogP contribution in [-0.4, -0.2) is 39.0 Å². The van der Waals surface area contributed by atoms with Crippen LogP contribution in [0.25, 0.3) is 0 Å². The van der Waals surface area contributed by atoms with Gasteiger partial charge in [0.25, 0.3) is 0 Å². The van der Waals surface area contributed by atoms with E-state index in [9.17, 15) is 8.42 Å². The topological polar surface area (TPSA) is 72.6 Å². The third kappa shape index (κ3) is 3.50. The first-order valence-corrected chi connectivity index (χ1v) is 8.03. The van der Waals surface area contributed by atoms with Gasteiger partial charge in [0, 0.05) is 19.7 Å². The number of methoxy groups -OCH3 is 1. The summed E-state index contributed by atoms with van der Waals surface area (Å²) in [5, 5.41) is 0. The molecule has 1 aromatic carbocycles. The van der Waals surface area contributed by atoms with Crippen LogP contribution < -0.4 is 5.73 Å². The third-order valence-electron chi connectivity index (χ3n) is 3.30. The van der Waals surface area contributed by atoms with Crippen LogP contribution in [0.3, 0.4) is 0 Å². The molecule has 6 heteroatoms. The molecule has 114 valence electrons. The number of anilines is 1. The van der Waals surface area contributed by atoms with Gasteiger partial charge < -0.3 is 10.5 Å². The highest BCUT2D eigenvalue weighted by Gasteiger charge is 2.28. The summed E-state index contributed by atoms with van der Waals surface area (Å²) in [5.74, 6) is 0. The normalized spacial score (nSPS) is 12.3. The van der Waals surface area contributed by atoms with Gasteiger partial charge in [-0.05, 0) is 51.0 Å². The maximum absolute atomic E-state index is 12.8. The number of aryl methyl sites for hydroxylation is 2. The van der Waals surface area contributed by atoms with E-state index in [1.807, 2.05) is 27.7 Å². The second-order valence-corrected chi connectivity index (χ2v) is 7.04. The van der Waals surface area contributed by atoms with Gasteiger partial charge >= 0.3 is 0 Å². The van der Waals surface area contributed by atoms with Crippen molar-refractivity contribution in [3.05, 3.63) is 23.3 Å². The van der Waals surface area contributed by atoms with Crippen LogP contribution in [0.5, 0.6) is 0 Å². The monoisotopic (exact) mass is 300 g/mol. The van der Waals surface area contributed by atoms with Crippen LogP contribution in [0, 0.1) is 13.8 Å². The summed E-state index contributed by atoms with van der Waals surface area (Å²) in [6, 6.07) is 3.19. The minimum Gasteiger partial charge on any atom is -0.398 e. The van der Waals surface area contributed by atoms with Gasteiger partial charge in [-0.2, -0.15) is 4.31 Å². The first kappa shape index (κ1) is 16.9. The number of nitrogens with two attached hydrogens (primary N) is 1. The fourth-order valence-corrected chi connectivity index (χ4v) is 3.80. The molecule has 0 aliphatic carbocycles. The van der Waals surface area contributed by atoms with Crippen molar-refractivity contribution in [2.24, 2.45) is 0 Å². The Bertz CT molecular complexity index is 568. The molecule has 1 aromatic rings. The summed E-state index contributed by atoms with van der Waals surface area (Å²) in [6.45, 7) is 8.12. The average Bonchev–Trinajstić information content (AvgIpc) is 2.33. The smallest absolute Gasteiger partial charge is 0.245 e. The zero-order chi connectivity index (χ0) is 15.5. The Labute approximate surface area is 121 Å². The molecule has 0 radical (unpaired) electrons. The molecular formula is C14H24N2O3S. The third-order valence-corrected chi connectivity index (χ3v) is 5.44. The van der Waals surface area contributed by atoms with E-state index in [4.69, 9.17) is 10.5 Å². The number of nitrogen functional groups attached to an aromatic ring is 1. The molecular weight excluding hydrogens is 276 g/mol. The Kier molecular flexibility index (Phi) is 5.56. The quantitative estimate of drug-likeness (QED) is 0.815. The fraction of sp³-hybridized carbons (Fsp3) is 0.571. The number of ether oxygens (including phenoxy) is 1. The minimum absolute atomic E-state index is 0.156. The SMILES string of the molecule is COCCN(C(C)C)S(=O)(=O)c1cc(C)c(C)cc1N. The van der Waals surface area contributed by atoms with Crippen LogP contribution in [0.4, 0.5) is 5.69 Å². The lowest BCUT2D eigenvalue weighted by molar-refractivity contribution is 0.171. The van der Waals surface area contributed by atoms with Crippen molar-refractivity contribution in [1.29, 1.82) is 0 Å². The van der Waals surface area contributed by atoms with Gasteiger partial charge in [-0.1, -0.05) is 0 Å². The predicted molar refractivity (Wildman–Crippen MR) is 81.2 cm³/mol. The summed E-state index contributed by atoms with van der Waals surface area (Å²) in [4.78, 5) is 0.172. The first-order valence-electron chi connectivity index (χ1n) is 6.59. The van der Waals surface area contributed by atoms with Crippen LogP contribution in [0.1, 0.15) is 25.0 Å². The molecule has 0 spiro atoms. The van der Waals surface area contributed by atoms with Crippen molar-refractivity contribution in [3.63, 3.8) is 0 Å². The van der Waals surface area contributed by atoms with E-state index in [0.717, 1.165) is 11.1 Å². The number of sulfonamides is 1. The van der Waals surface area contributed by atoms with Gasteiger partial charge in [0.2, 0.25) is 10.0 Å². The molecule has 0 atom stereocenters. The molecule has 0 aromatic heterocycles. The highest BCUT2D eigenvalue weighted by molar-refractivity contribution is 7.89. The molecule has 0 aliphatic heterocycles. The Morgan fingerprint density at radius 1 is 1.25 bits per heavy atom. The fourth-order valence-electron chi connectivity index (χ4n) is 2.00. The second kappa shape index (κ2) is 6.56. The molecule has 0 heterocycles. The van der Waals surface area contributed by atoms with E-state index in [1.165, 1.54) is 4.31 Å². The largest absolute Gasteiger partial charge is 0.398 e. The second-order valence-electron chi connectivity index (χ2n) is 5.18. The van der Waals surface area contributed by atoms with Crippen molar-refractivity contribution in [3.8, 4) is 0 Å². The summed E-state index contributed by atoms with van der Waals surface area (Å²) >= 11 is 0. The van der Waals surface area contributed by atoms with E-state index in [2.05, 4.69) is 0 Å². The molecule has 0 aliphatic rings. The standard InChI is InChI=1S/C14H24N2O3S/c1-10(2)16(6-7-19-5)20(17,18)14-9-12(4)11(3)8-13(14)15/h8-10H,6-7,15H2,1-5H3. The summed E-state index contributed by atoms with van der Waals surface area (Å²) in [5.41, 5.74) is 8.09. The molecule has 0 bridgehead atoms. The van der Waals surface area contributed by atoms with Crippen LogP contribution in [-0.2, 0) is 14.8 Å². The maximum atomic E-state index is 12.8. The molecule has 0 amide bonds. The van der Waals surface area contributed by atoms with Crippen LogP contribution in [0.2, 0.25) is 0 Å². The summed E-state index contributed by atoms with van der Waals surface area (Å²) < 4.78 is 31.9. The molecule has 0 unspecified atom stereocenters. The Morgan fingerprint density at radius 2 is 1.80 bits per heavy atom. The first-order chi connectivity index (χ1) is 9.21. The Hall–Kier alpha value is -1.11. The molecule has 1 rings (SSSR count). The lowest BCUT2D eigenvalue weighted by Gasteiger charge is -2.26. The van der Waals surface area contributed by atoms with Crippen molar-refractivity contribution < 1.29 is 13.2 Å². The Balaban J connectivity index is 3.29. The van der Waals surface area contributed by atoms with Gasteiger partial charge in [0.15, 0.2) is 0 Å². The Morgan fingerprint density at radius 3 is 2.30 bits per heavy atom. The van der Waals surface area contributed by atoms with E-state index in [0.29, 0.717) is 13.2 Å². The van der Waals surface area contributed by atoms with E-state index in [1.54, 1.807) is 19.2 Å². The van der Waals surface area contributed by atoms with E-state index < -0.39 is 10.0 Å². The lowest BCUT2D eigenvalue weighted by atomic mass is 10.1. The van der Waals surface area contributed by atoms with E-state index >= 15 is 0 Å². The predicted octanol–water partition coefficient (Wildman–Crippen LogP) is 1.93. The molecule has 2 N–H and O–H groups in total. The molecule has 20 heavy (non-hydrogen) atoms. The zero-order valence-corrected chi connectivity index (χ0v) is 13.6. The van der Waals surface area contributed by atoms with Crippen molar-refractivity contribution in [1.82, 2.24) is 4.31 Å². The van der Waals surface area contributed by atoms with Crippen molar-refractivity contribution >= 4 is 15.7 Å². The zero-order valence-electron chi connectivity index (χ0n) is 12.8. The number of hydrogen-bond donors (Lipinski definition) is 1. The number of benzene rings is 1. The number of nitrogens with zero attached hydrogens (tertiary/aromatic N) is 1. The molecule has 0 saturated carbocycles. The van der Waals surface area contributed by atoms with Crippen molar-refractivity contribution in [2.45, 2.75) is 38.6 Å². The summed E-state index contributed by atoms with van der Waals surface area (Å²) in [6.07, 6.45) is 0. The molecule has 5 nitrogen and oxygen atoms in total. The van der Waals surface area contributed by atoms with E-state index in [-0.39, 0.29) is 16.6 Å². The van der Waals surface area contributed by atoms with Gasteiger partial charge in [-0.15, -0.1) is 0 Å². The van der Waals surface area contributed by atoms with Gasteiger partial charge in [0.05, 0.1) is 12.3 Å². The average molecular weight is 300 g/mol. The number of rotatable bonds is 6. The van der Waals surface area contributed by atoms with Crippen molar-refractivity contribution in [2.75, 3.05) is 26.0 Å². The number of hydrogen-bond acceptors (Lipinski definition) is 4. The van der Waals surface area contributed by atoms with Crippen LogP contribution >= 0.6 is 0 Å².